The zero-order valence-corrected chi connectivity index (χ0v) is 10.7. The highest BCUT2D eigenvalue weighted by Gasteiger charge is 2.03. The summed E-state index contributed by atoms with van der Waals surface area (Å²) in [6, 6.07) is 11.3. The Kier molecular flexibility index (Phi) is 7.45. The highest BCUT2D eigenvalue weighted by atomic mass is 35.5. The van der Waals surface area contributed by atoms with Gasteiger partial charge in [-0.3, -0.25) is 0 Å². The minimum atomic E-state index is 0. The zero-order valence-electron chi connectivity index (χ0n) is 9.86. The summed E-state index contributed by atoms with van der Waals surface area (Å²) in [5, 5.41) is 3.45. The molecule has 0 spiro atoms. The van der Waals surface area contributed by atoms with Crippen molar-refractivity contribution >= 4 is 12.4 Å². The molecule has 15 heavy (non-hydrogen) atoms. The summed E-state index contributed by atoms with van der Waals surface area (Å²) < 4.78 is 0. The molecule has 2 heteroatoms. The third-order valence-electron chi connectivity index (χ3n) is 2.50. The van der Waals surface area contributed by atoms with E-state index in [0.29, 0.717) is 12.0 Å². The first-order valence-corrected chi connectivity index (χ1v) is 5.48. The molecule has 1 rings (SSSR count). The monoisotopic (exact) mass is 227 g/mol. The van der Waals surface area contributed by atoms with Crippen molar-refractivity contribution in [2.75, 3.05) is 6.54 Å². The second-order valence-corrected chi connectivity index (χ2v) is 4.21. The number of hydrogen-bond donors (Lipinski definition) is 1. The molecule has 0 fully saturated rings. The minimum absolute atomic E-state index is 0. The maximum atomic E-state index is 3.45. The van der Waals surface area contributed by atoms with E-state index in [2.05, 4.69) is 56.4 Å². The first kappa shape index (κ1) is 14.5. The van der Waals surface area contributed by atoms with Crippen LogP contribution >= 0.6 is 12.4 Å². The summed E-state index contributed by atoms with van der Waals surface area (Å²) in [5.41, 5.74) is 1.44. The SMILES string of the molecule is CC(C)NCCC(C)c1ccccc1.Cl. The van der Waals surface area contributed by atoms with Gasteiger partial charge in [0.25, 0.3) is 0 Å². The van der Waals surface area contributed by atoms with Gasteiger partial charge in [-0.05, 0) is 24.4 Å². The maximum Gasteiger partial charge on any atom is 0.00103 e. The fraction of sp³-hybridized carbons (Fsp3) is 0.538. The summed E-state index contributed by atoms with van der Waals surface area (Å²) in [6.45, 7) is 7.77. The van der Waals surface area contributed by atoms with Gasteiger partial charge in [-0.25, -0.2) is 0 Å². The molecule has 0 saturated carbocycles. The van der Waals surface area contributed by atoms with E-state index in [1.807, 2.05) is 0 Å². The van der Waals surface area contributed by atoms with Crippen LogP contribution in [0.2, 0.25) is 0 Å². The smallest absolute Gasteiger partial charge is 0.00103 e. The predicted octanol–water partition coefficient (Wildman–Crippen LogP) is 3.60. The number of rotatable bonds is 5. The van der Waals surface area contributed by atoms with E-state index in [1.54, 1.807) is 0 Å². The van der Waals surface area contributed by atoms with E-state index in [0.717, 1.165) is 6.54 Å². The Balaban J connectivity index is 0.00000196. The molecule has 1 aromatic rings. The summed E-state index contributed by atoms with van der Waals surface area (Å²) >= 11 is 0. The Morgan fingerprint density at radius 2 is 1.67 bits per heavy atom. The van der Waals surface area contributed by atoms with Gasteiger partial charge in [0.2, 0.25) is 0 Å². The first-order chi connectivity index (χ1) is 6.70. The fourth-order valence-corrected chi connectivity index (χ4v) is 1.54. The van der Waals surface area contributed by atoms with Gasteiger partial charge in [-0.1, -0.05) is 51.1 Å². The summed E-state index contributed by atoms with van der Waals surface area (Å²) in [6.07, 6.45) is 1.21. The van der Waals surface area contributed by atoms with Gasteiger partial charge in [0.1, 0.15) is 0 Å². The normalized spacial score (nSPS) is 12.3. The lowest BCUT2D eigenvalue weighted by atomic mass is 9.98. The van der Waals surface area contributed by atoms with Crippen molar-refractivity contribution in [2.24, 2.45) is 0 Å². The zero-order chi connectivity index (χ0) is 10.4. The van der Waals surface area contributed by atoms with Crippen molar-refractivity contribution in [1.82, 2.24) is 5.32 Å². The molecule has 0 amide bonds. The van der Waals surface area contributed by atoms with Crippen LogP contribution in [0.3, 0.4) is 0 Å². The van der Waals surface area contributed by atoms with E-state index in [4.69, 9.17) is 0 Å². The van der Waals surface area contributed by atoms with Gasteiger partial charge in [-0.15, -0.1) is 12.4 Å². The molecule has 0 radical (unpaired) electrons. The van der Waals surface area contributed by atoms with Crippen LogP contribution in [0.25, 0.3) is 0 Å². The second-order valence-electron chi connectivity index (χ2n) is 4.21. The van der Waals surface area contributed by atoms with Crippen molar-refractivity contribution in [3.63, 3.8) is 0 Å². The van der Waals surface area contributed by atoms with Gasteiger partial charge in [0.15, 0.2) is 0 Å². The average Bonchev–Trinajstić information content (AvgIpc) is 2.18. The van der Waals surface area contributed by atoms with Crippen molar-refractivity contribution in [2.45, 2.75) is 39.2 Å². The number of nitrogens with one attached hydrogen (secondary N) is 1. The van der Waals surface area contributed by atoms with Crippen LogP contribution in [-0.2, 0) is 0 Å². The molecule has 0 aromatic heterocycles. The molecule has 0 saturated heterocycles. The van der Waals surface area contributed by atoms with Crippen LogP contribution in [0.4, 0.5) is 0 Å². The maximum absolute atomic E-state index is 3.45. The second kappa shape index (κ2) is 7.72. The average molecular weight is 228 g/mol. The fourth-order valence-electron chi connectivity index (χ4n) is 1.54. The highest BCUT2D eigenvalue weighted by molar-refractivity contribution is 5.85. The molecule has 0 aliphatic heterocycles. The standard InChI is InChI=1S/C13H21N.ClH/c1-11(2)14-10-9-12(3)13-7-5-4-6-8-13;/h4-8,11-12,14H,9-10H2,1-3H3;1H. The molecule has 1 N–H and O–H groups in total. The van der Waals surface area contributed by atoms with E-state index in [9.17, 15) is 0 Å². The Morgan fingerprint density at radius 1 is 1.07 bits per heavy atom. The number of halogens is 1. The lowest BCUT2D eigenvalue weighted by molar-refractivity contribution is 0.541. The molecule has 1 atom stereocenters. The third-order valence-corrected chi connectivity index (χ3v) is 2.50. The van der Waals surface area contributed by atoms with Crippen molar-refractivity contribution in [3.05, 3.63) is 35.9 Å². The molecule has 0 aliphatic carbocycles. The van der Waals surface area contributed by atoms with E-state index >= 15 is 0 Å². The predicted molar refractivity (Wildman–Crippen MR) is 69.9 cm³/mol. The van der Waals surface area contributed by atoms with Gasteiger partial charge < -0.3 is 5.32 Å². The van der Waals surface area contributed by atoms with Gasteiger partial charge in [-0.2, -0.15) is 0 Å². The van der Waals surface area contributed by atoms with Crippen LogP contribution in [-0.4, -0.2) is 12.6 Å². The molecular formula is C13H22ClN. The van der Waals surface area contributed by atoms with Crippen LogP contribution in [0.5, 0.6) is 0 Å². The first-order valence-electron chi connectivity index (χ1n) is 5.48. The topological polar surface area (TPSA) is 12.0 Å². The van der Waals surface area contributed by atoms with Crippen LogP contribution in [0.1, 0.15) is 38.7 Å². The minimum Gasteiger partial charge on any atom is -0.315 e. The molecule has 1 aromatic carbocycles. The van der Waals surface area contributed by atoms with E-state index < -0.39 is 0 Å². The third kappa shape index (κ3) is 5.81. The molecular weight excluding hydrogens is 206 g/mol. The lowest BCUT2D eigenvalue weighted by Gasteiger charge is -2.13. The number of benzene rings is 1. The van der Waals surface area contributed by atoms with Gasteiger partial charge in [0.05, 0.1) is 0 Å². The van der Waals surface area contributed by atoms with Crippen molar-refractivity contribution in [3.8, 4) is 0 Å². The van der Waals surface area contributed by atoms with Crippen LogP contribution in [0, 0.1) is 0 Å². The van der Waals surface area contributed by atoms with Crippen molar-refractivity contribution in [1.29, 1.82) is 0 Å². The Hall–Kier alpha value is -0.530. The van der Waals surface area contributed by atoms with Crippen LogP contribution < -0.4 is 5.32 Å². The van der Waals surface area contributed by atoms with Gasteiger partial charge in [0, 0.05) is 6.04 Å². The quantitative estimate of drug-likeness (QED) is 0.811. The Labute approximate surface area is 99.7 Å². The number of hydrogen-bond acceptors (Lipinski definition) is 1. The molecule has 86 valence electrons. The Bertz CT molecular complexity index is 246. The highest BCUT2D eigenvalue weighted by Crippen LogP contribution is 2.17. The van der Waals surface area contributed by atoms with Crippen LogP contribution in [0.15, 0.2) is 30.3 Å². The molecule has 0 heterocycles. The van der Waals surface area contributed by atoms with Crippen molar-refractivity contribution < 1.29 is 0 Å². The van der Waals surface area contributed by atoms with E-state index in [1.165, 1.54) is 12.0 Å². The molecule has 0 aliphatic rings. The lowest BCUT2D eigenvalue weighted by Crippen LogP contribution is -2.24. The molecule has 1 nitrogen and oxygen atoms in total. The Morgan fingerprint density at radius 3 is 2.20 bits per heavy atom. The van der Waals surface area contributed by atoms with E-state index in [-0.39, 0.29) is 12.4 Å². The molecule has 1 unspecified atom stereocenters. The molecule has 0 bridgehead atoms. The largest absolute Gasteiger partial charge is 0.315 e. The summed E-state index contributed by atoms with van der Waals surface area (Å²) in [5.74, 6) is 0.655. The van der Waals surface area contributed by atoms with Gasteiger partial charge >= 0.3 is 0 Å². The summed E-state index contributed by atoms with van der Waals surface area (Å²) in [7, 11) is 0. The summed E-state index contributed by atoms with van der Waals surface area (Å²) in [4.78, 5) is 0.